The zero-order valence-corrected chi connectivity index (χ0v) is 20.1. The molecule has 0 spiro atoms. The summed E-state index contributed by atoms with van der Waals surface area (Å²) < 4.78 is 52.3. The summed E-state index contributed by atoms with van der Waals surface area (Å²) in [7, 11) is 0. The third-order valence-electron chi connectivity index (χ3n) is 6.47. The molecular formula is C27H19F3N2O4S. The van der Waals surface area contributed by atoms with Crippen molar-refractivity contribution in [2.24, 2.45) is 0 Å². The molecule has 2 aromatic heterocycles. The van der Waals surface area contributed by atoms with E-state index in [1.165, 1.54) is 23.1 Å². The van der Waals surface area contributed by atoms with E-state index in [9.17, 15) is 22.8 Å². The van der Waals surface area contributed by atoms with Crippen molar-refractivity contribution in [2.45, 2.75) is 25.1 Å². The van der Waals surface area contributed by atoms with Crippen molar-refractivity contribution in [2.75, 3.05) is 18.1 Å². The maximum Gasteiger partial charge on any atom is 0.418 e. The van der Waals surface area contributed by atoms with Gasteiger partial charge in [0.25, 0.3) is 5.91 Å². The molecule has 0 bridgehead atoms. The summed E-state index contributed by atoms with van der Waals surface area (Å²) >= 11 is 0.960. The predicted octanol–water partition coefficient (Wildman–Crippen LogP) is 6.40. The number of carbonyl (C=O) groups excluding carboxylic acids is 1. The van der Waals surface area contributed by atoms with Gasteiger partial charge in [-0.2, -0.15) is 13.2 Å². The molecule has 1 aliphatic heterocycles. The van der Waals surface area contributed by atoms with Gasteiger partial charge < -0.3 is 9.15 Å². The molecule has 1 saturated heterocycles. The predicted molar refractivity (Wildman–Crippen MR) is 135 cm³/mol. The molecule has 10 heteroatoms. The van der Waals surface area contributed by atoms with E-state index in [0.717, 1.165) is 34.6 Å². The van der Waals surface area contributed by atoms with Crippen molar-refractivity contribution in [1.82, 2.24) is 4.98 Å². The minimum atomic E-state index is -4.60. The Morgan fingerprint density at radius 2 is 1.92 bits per heavy atom. The number of rotatable bonds is 4. The van der Waals surface area contributed by atoms with Crippen molar-refractivity contribution >= 4 is 54.3 Å². The van der Waals surface area contributed by atoms with Crippen LogP contribution in [-0.2, 0) is 10.9 Å². The average molecular weight is 525 g/mol. The molecule has 1 amide bonds. The lowest BCUT2D eigenvalue weighted by molar-refractivity contribution is -0.136. The highest BCUT2D eigenvalue weighted by Gasteiger charge is 2.35. The molecule has 3 heterocycles. The van der Waals surface area contributed by atoms with Crippen LogP contribution in [0.4, 0.5) is 18.3 Å². The number of amides is 1. The van der Waals surface area contributed by atoms with Gasteiger partial charge in [0.2, 0.25) is 0 Å². The van der Waals surface area contributed by atoms with Crippen molar-refractivity contribution in [3.05, 3.63) is 82.2 Å². The van der Waals surface area contributed by atoms with Gasteiger partial charge in [0.05, 0.1) is 28.4 Å². The van der Waals surface area contributed by atoms with Gasteiger partial charge in [-0.3, -0.25) is 9.69 Å². The standard InChI is InChI=1S/C27H19F3N2O4S/c28-27(29,30)20-8-3-9-22-23(20)31-26(37-22)32(14-16-6-4-12-35-16)24(33)19-13-18-17-7-2-1-5-15(17)10-11-21(18)36-25(19)34/h1-3,5,7-11,13,16H,4,6,12,14H2. The van der Waals surface area contributed by atoms with Gasteiger partial charge in [0, 0.05) is 12.0 Å². The molecule has 1 unspecified atom stereocenters. The number of hydrogen-bond acceptors (Lipinski definition) is 6. The minimum absolute atomic E-state index is 0.0486. The summed E-state index contributed by atoms with van der Waals surface area (Å²) in [5.41, 5.74) is -1.84. The van der Waals surface area contributed by atoms with Crippen LogP contribution in [-0.4, -0.2) is 30.1 Å². The first-order valence-corrected chi connectivity index (χ1v) is 12.5. The van der Waals surface area contributed by atoms with Crippen LogP contribution in [0.5, 0.6) is 0 Å². The van der Waals surface area contributed by atoms with Crippen molar-refractivity contribution in [3.63, 3.8) is 0 Å². The molecule has 0 N–H and O–H groups in total. The summed E-state index contributed by atoms with van der Waals surface area (Å²) in [5.74, 6) is -0.702. The SMILES string of the molecule is O=C(c1cc2c(ccc3ccccc32)oc1=O)N(CC1CCCO1)c1nc2c(C(F)(F)F)cccc2s1. The number of anilines is 1. The third kappa shape index (κ3) is 4.25. The summed E-state index contributed by atoms with van der Waals surface area (Å²) in [6.07, 6.45) is -3.45. The number of hydrogen-bond donors (Lipinski definition) is 0. The van der Waals surface area contributed by atoms with Crippen molar-refractivity contribution in [1.29, 1.82) is 0 Å². The van der Waals surface area contributed by atoms with Gasteiger partial charge in [-0.15, -0.1) is 0 Å². The van der Waals surface area contributed by atoms with E-state index in [4.69, 9.17) is 9.15 Å². The molecule has 188 valence electrons. The zero-order chi connectivity index (χ0) is 25.7. The van der Waals surface area contributed by atoms with E-state index in [1.807, 2.05) is 30.3 Å². The average Bonchev–Trinajstić information content (AvgIpc) is 3.55. The van der Waals surface area contributed by atoms with E-state index < -0.39 is 23.3 Å². The molecule has 0 aliphatic carbocycles. The summed E-state index contributed by atoms with van der Waals surface area (Å²) in [6.45, 7) is 0.571. The fraction of sp³-hybridized carbons (Fsp3) is 0.222. The van der Waals surface area contributed by atoms with E-state index in [0.29, 0.717) is 24.0 Å². The quantitative estimate of drug-likeness (QED) is 0.201. The Morgan fingerprint density at radius 3 is 2.70 bits per heavy atom. The van der Waals surface area contributed by atoms with Gasteiger partial charge in [-0.1, -0.05) is 47.7 Å². The maximum atomic E-state index is 13.8. The number of thiazole rings is 1. The van der Waals surface area contributed by atoms with Crippen molar-refractivity contribution < 1.29 is 27.1 Å². The van der Waals surface area contributed by atoms with E-state index in [-0.39, 0.29) is 33.6 Å². The maximum absolute atomic E-state index is 13.8. The normalized spacial score (nSPS) is 16.1. The zero-order valence-electron chi connectivity index (χ0n) is 19.2. The molecular weight excluding hydrogens is 505 g/mol. The number of halogens is 3. The van der Waals surface area contributed by atoms with Crippen LogP contribution in [0.2, 0.25) is 0 Å². The molecule has 6 rings (SSSR count). The Balaban J connectivity index is 1.50. The number of alkyl halides is 3. The van der Waals surface area contributed by atoms with Gasteiger partial charge >= 0.3 is 11.8 Å². The molecule has 3 aromatic carbocycles. The highest BCUT2D eigenvalue weighted by atomic mass is 32.1. The summed E-state index contributed by atoms with van der Waals surface area (Å²) in [6, 6.07) is 16.3. The lowest BCUT2D eigenvalue weighted by Gasteiger charge is -2.22. The fourth-order valence-corrected chi connectivity index (χ4v) is 5.69. The van der Waals surface area contributed by atoms with Gasteiger partial charge in [0.15, 0.2) is 5.13 Å². The van der Waals surface area contributed by atoms with Crippen LogP contribution in [0.1, 0.15) is 28.8 Å². The third-order valence-corrected chi connectivity index (χ3v) is 7.52. The topological polar surface area (TPSA) is 72.6 Å². The Hall–Kier alpha value is -3.76. The molecule has 37 heavy (non-hydrogen) atoms. The fourth-order valence-electron chi connectivity index (χ4n) is 4.69. The molecule has 6 nitrogen and oxygen atoms in total. The number of carbonyl (C=O) groups is 1. The van der Waals surface area contributed by atoms with Gasteiger partial charge in [-0.05, 0) is 47.9 Å². The number of aromatic nitrogens is 1. The second-order valence-electron chi connectivity index (χ2n) is 8.84. The Labute approximate surface area is 211 Å². The number of fused-ring (bicyclic) bond motifs is 4. The van der Waals surface area contributed by atoms with Gasteiger partial charge in [0.1, 0.15) is 11.1 Å². The summed E-state index contributed by atoms with van der Waals surface area (Å²) in [4.78, 5) is 32.2. The Kier molecular flexibility index (Phi) is 5.73. The first-order valence-electron chi connectivity index (χ1n) is 11.7. The lowest BCUT2D eigenvalue weighted by atomic mass is 10.0. The monoisotopic (exact) mass is 524 g/mol. The highest BCUT2D eigenvalue weighted by molar-refractivity contribution is 7.22. The molecule has 0 saturated carbocycles. The second-order valence-corrected chi connectivity index (χ2v) is 9.85. The first-order chi connectivity index (χ1) is 17.8. The molecule has 5 aromatic rings. The highest BCUT2D eigenvalue weighted by Crippen LogP contribution is 2.39. The van der Waals surface area contributed by atoms with Crippen LogP contribution < -0.4 is 10.5 Å². The second kappa shape index (κ2) is 8.97. The number of benzene rings is 3. The van der Waals surface area contributed by atoms with E-state index in [1.54, 1.807) is 6.07 Å². The summed E-state index contributed by atoms with van der Waals surface area (Å²) in [5, 5.41) is 2.36. The van der Waals surface area contributed by atoms with Crippen LogP contribution in [0.15, 0.2) is 69.9 Å². The number of para-hydroxylation sites is 1. The first kappa shape index (κ1) is 23.6. The molecule has 1 atom stereocenters. The number of ether oxygens (including phenoxy) is 1. The Morgan fingerprint density at radius 1 is 1.08 bits per heavy atom. The minimum Gasteiger partial charge on any atom is -0.422 e. The van der Waals surface area contributed by atoms with E-state index >= 15 is 0 Å². The molecule has 1 fully saturated rings. The molecule has 1 aliphatic rings. The van der Waals surface area contributed by atoms with E-state index in [2.05, 4.69) is 4.98 Å². The largest absolute Gasteiger partial charge is 0.422 e. The Bertz CT molecular complexity index is 1720. The van der Waals surface area contributed by atoms with Crippen LogP contribution in [0, 0.1) is 0 Å². The van der Waals surface area contributed by atoms with Crippen molar-refractivity contribution in [3.8, 4) is 0 Å². The van der Waals surface area contributed by atoms with Crippen LogP contribution >= 0.6 is 11.3 Å². The van der Waals surface area contributed by atoms with Gasteiger partial charge in [-0.25, -0.2) is 9.78 Å². The number of nitrogens with zero attached hydrogens (tertiary/aromatic N) is 2. The molecule has 0 radical (unpaired) electrons. The van der Waals surface area contributed by atoms with Crippen LogP contribution in [0.3, 0.4) is 0 Å². The van der Waals surface area contributed by atoms with Crippen LogP contribution in [0.25, 0.3) is 32.0 Å². The lowest BCUT2D eigenvalue weighted by Crippen LogP contribution is -2.39. The smallest absolute Gasteiger partial charge is 0.418 e.